The normalized spacial score (nSPS) is 15.5. The molecule has 1 amide bonds. The quantitative estimate of drug-likeness (QED) is 0.844. The molecule has 3 rings (SSSR count). The van der Waals surface area contributed by atoms with Crippen LogP contribution in [0.2, 0.25) is 0 Å². The van der Waals surface area contributed by atoms with Gasteiger partial charge in [-0.3, -0.25) is 9.59 Å². The molecule has 1 aliphatic heterocycles. The highest BCUT2D eigenvalue weighted by Gasteiger charge is 2.21. The van der Waals surface area contributed by atoms with Gasteiger partial charge in [-0.25, -0.2) is 4.68 Å². The molecule has 6 nitrogen and oxygen atoms in total. The van der Waals surface area contributed by atoms with Crippen molar-refractivity contribution in [2.45, 2.75) is 13.5 Å². The molecule has 0 radical (unpaired) electrons. The van der Waals surface area contributed by atoms with Crippen LogP contribution < -0.4 is 5.56 Å². The minimum atomic E-state index is -0.203. The number of aromatic nitrogens is 2. The fourth-order valence-corrected chi connectivity index (χ4v) is 2.71. The lowest BCUT2D eigenvalue weighted by Crippen LogP contribution is -2.47. The largest absolute Gasteiger partial charge is 0.335 e. The van der Waals surface area contributed by atoms with Crippen molar-refractivity contribution in [3.63, 3.8) is 0 Å². The number of piperazine rings is 1. The number of carbonyl (C=O) groups excluding carboxylic acids is 1. The average molecular weight is 326 g/mol. The van der Waals surface area contributed by atoms with Crippen LogP contribution in [0.1, 0.15) is 21.6 Å². The summed E-state index contributed by atoms with van der Waals surface area (Å²) in [5, 5.41) is 4.28. The highest BCUT2D eigenvalue weighted by Crippen LogP contribution is 2.07. The number of nitrogens with zero attached hydrogens (tertiary/aromatic N) is 4. The summed E-state index contributed by atoms with van der Waals surface area (Å²) in [6, 6.07) is 10.9. The lowest BCUT2D eigenvalue weighted by molar-refractivity contribution is 0.0655. The Morgan fingerprint density at radius 3 is 2.38 bits per heavy atom. The predicted octanol–water partition coefficient (Wildman–Crippen LogP) is 0.988. The molecule has 0 unspecified atom stereocenters. The summed E-state index contributed by atoms with van der Waals surface area (Å²) in [7, 11) is 2.04. The van der Waals surface area contributed by atoms with E-state index in [-0.39, 0.29) is 11.5 Å². The molecule has 0 bridgehead atoms. The molecule has 0 atom stereocenters. The van der Waals surface area contributed by atoms with Crippen LogP contribution in [0.3, 0.4) is 0 Å². The van der Waals surface area contributed by atoms with E-state index in [1.807, 2.05) is 38.2 Å². The highest BCUT2D eigenvalue weighted by atomic mass is 16.2. The van der Waals surface area contributed by atoms with E-state index in [1.165, 1.54) is 16.8 Å². The van der Waals surface area contributed by atoms with Crippen molar-refractivity contribution in [3.8, 4) is 0 Å². The van der Waals surface area contributed by atoms with Gasteiger partial charge in [0.25, 0.3) is 11.5 Å². The second kappa shape index (κ2) is 6.97. The van der Waals surface area contributed by atoms with E-state index in [0.717, 1.165) is 24.2 Å². The predicted molar refractivity (Wildman–Crippen MR) is 92.2 cm³/mol. The van der Waals surface area contributed by atoms with Gasteiger partial charge in [0.2, 0.25) is 0 Å². The van der Waals surface area contributed by atoms with Crippen molar-refractivity contribution < 1.29 is 4.79 Å². The van der Waals surface area contributed by atoms with Gasteiger partial charge in [-0.2, -0.15) is 5.10 Å². The first-order valence-electron chi connectivity index (χ1n) is 8.14. The Labute approximate surface area is 141 Å². The molecule has 0 aliphatic carbocycles. The summed E-state index contributed by atoms with van der Waals surface area (Å²) in [6.07, 6.45) is 0. The molecule has 2 aromatic rings. The van der Waals surface area contributed by atoms with E-state index in [9.17, 15) is 9.59 Å². The van der Waals surface area contributed by atoms with Gasteiger partial charge in [0.15, 0.2) is 0 Å². The van der Waals surface area contributed by atoms with Gasteiger partial charge in [0.1, 0.15) is 5.69 Å². The Kier molecular flexibility index (Phi) is 4.76. The van der Waals surface area contributed by atoms with Gasteiger partial charge in [0, 0.05) is 32.2 Å². The van der Waals surface area contributed by atoms with Crippen LogP contribution in [-0.4, -0.2) is 58.7 Å². The standard InChI is InChI=1S/C18H22N4O2/c1-14-3-5-15(6-4-14)13-22-17(23)8-7-16(19-22)18(24)21-11-9-20(2)10-12-21/h3-8H,9-13H2,1-2H3. The summed E-state index contributed by atoms with van der Waals surface area (Å²) >= 11 is 0. The Morgan fingerprint density at radius 1 is 1.04 bits per heavy atom. The van der Waals surface area contributed by atoms with Crippen molar-refractivity contribution in [3.05, 3.63) is 63.6 Å². The van der Waals surface area contributed by atoms with Crippen molar-refractivity contribution in [1.82, 2.24) is 19.6 Å². The molecule has 6 heteroatoms. The van der Waals surface area contributed by atoms with Gasteiger partial charge in [-0.1, -0.05) is 29.8 Å². The van der Waals surface area contributed by atoms with Crippen molar-refractivity contribution >= 4 is 5.91 Å². The number of amides is 1. The molecular weight excluding hydrogens is 304 g/mol. The Hall–Kier alpha value is -2.47. The third-order valence-corrected chi connectivity index (χ3v) is 4.33. The summed E-state index contributed by atoms with van der Waals surface area (Å²) in [4.78, 5) is 28.6. The van der Waals surface area contributed by atoms with Crippen LogP contribution in [-0.2, 0) is 6.54 Å². The number of carbonyl (C=O) groups is 1. The van der Waals surface area contributed by atoms with Gasteiger partial charge in [-0.15, -0.1) is 0 Å². The lowest BCUT2D eigenvalue weighted by atomic mass is 10.1. The van der Waals surface area contributed by atoms with Crippen LogP contribution in [0, 0.1) is 6.92 Å². The van der Waals surface area contributed by atoms with E-state index in [0.29, 0.717) is 25.3 Å². The summed E-state index contributed by atoms with van der Waals surface area (Å²) < 4.78 is 1.36. The maximum Gasteiger partial charge on any atom is 0.274 e. The first-order valence-corrected chi connectivity index (χ1v) is 8.14. The minimum Gasteiger partial charge on any atom is -0.335 e. The molecule has 24 heavy (non-hydrogen) atoms. The van der Waals surface area contributed by atoms with Gasteiger partial charge >= 0.3 is 0 Å². The molecule has 126 valence electrons. The van der Waals surface area contributed by atoms with E-state index in [2.05, 4.69) is 10.00 Å². The molecular formula is C18H22N4O2. The van der Waals surface area contributed by atoms with Crippen LogP contribution in [0.4, 0.5) is 0 Å². The van der Waals surface area contributed by atoms with Crippen LogP contribution in [0.5, 0.6) is 0 Å². The number of likely N-dealkylation sites (N-methyl/N-ethyl adjacent to an activating group) is 1. The molecule has 1 aromatic carbocycles. The monoisotopic (exact) mass is 326 g/mol. The fourth-order valence-electron chi connectivity index (χ4n) is 2.71. The number of hydrogen-bond acceptors (Lipinski definition) is 4. The first kappa shape index (κ1) is 16.4. The van der Waals surface area contributed by atoms with Crippen LogP contribution >= 0.6 is 0 Å². The van der Waals surface area contributed by atoms with Crippen LogP contribution in [0.25, 0.3) is 0 Å². The topological polar surface area (TPSA) is 58.4 Å². The Bertz CT molecular complexity index is 774. The highest BCUT2D eigenvalue weighted by molar-refractivity contribution is 5.92. The number of rotatable bonds is 3. The fraction of sp³-hybridized carbons (Fsp3) is 0.389. The van der Waals surface area contributed by atoms with E-state index < -0.39 is 0 Å². The first-order chi connectivity index (χ1) is 11.5. The molecule has 0 N–H and O–H groups in total. The lowest BCUT2D eigenvalue weighted by Gasteiger charge is -2.32. The molecule has 1 fully saturated rings. The third kappa shape index (κ3) is 3.71. The van der Waals surface area contributed by atoms with E-state index in [1.54, 1.807) is 4.90 Å². The summed E-state index contributed by atoms with van der Waals surface area (Å²) in [5.41, 5.74) is 2.27. The molecule has 1 aliphatic rings. The SMILES string of the molecule is Cc1ccc(Cn2nc(C(=O)N3CCN(C)CC3)ccc2=O)cc1. The van der Waals surface area contributed by atoms with Gasteiger partial charge in [0.05, 0.1) is 6.54 Å². The summed E-state index contributed by atoms with van der Waals surface area (Å²) in [6.45, 7) is 5.47. The smallest absolute Gasteiger partial charge is 0.274 e. The van der Waals surface area contributed by atoms with Crippen molar-refractivity contribution in [1.29, 1.82) is 0 Å². The van der Waals surface area contributed by atoms with Gasteiger partial charge < -0.3 is 9.80 Å². The van der Waals surface area contributed by atoms with Crippen LogP contribution in [0.15, 0.2) is 41.2 Å². The minimum absolute atomic E-state index is 0.110. The molecule has 1 aromatic heterocycles. The second-order valence-electron chi connectivity index (χ2n) is 6.30. The molecule has 0 spiro atoms. The van der Waals surface area contributed by atoms with E-state index in [4.69, 9.17) is 0 Å². The van der Waals surface area contributed by atoms with Crippen molar-refractivity contribution in [2.75, 3.05) is 33.2 Å². The zero-order valence-electron chi connectivity index (χ0n) is 14.1. The molecule has 0 saturated carbocycles. The average Bonchev–Trinajstić information content (AvgIpc) is 2.59. The third-order valence-electron chi connectivity index (χ3n) is 4.33. The van der Waals surface area contributed by atoms with Gasteiger partial charge in [-0.05, 0) is 25.6 Å². The number of aryl methyl sites for hydroxylation is 1. The maximum atomic E-state index is 12.6. The number of hydrogen-bond donors (Lipinski definition) is 0. The summed E-state index contributed by atoms with van der Waals surface area (Å²) in [5.74, 6) is -0.110. The molecule has 2 heterocycles. The zero-order valence-corrected chi connectivity index (χ0v) is 14.1. The Morgan fingerprint density at radius 2 is 1.71 bits per heavy atom. The maximum absolute atomic E-state index is 12.6. The van der Waals surface area contributed by atoms with Crippen molar-refractivity contribution in [2.24, 2.45) is 0 Å². The number of benzene rings is 1. The van der Waals surface area contributed by atoms with E-state index >= 15 is 0 Å². The Balaban J connectivity index is 1.79. The second-order valence-corrected chi connectivity index (χ2v) is 6.30. The zero-order chi connectivity index (χ0) is 17.1. The molecule has 1 saturated heterocycles.